The summed E-state index contributed by atoms with van der Waals surface area (Å²) in [4.78, 5) is 13.8. The molecule has 22 heavy (non-hydrogen) atoms. The van der Waals surface area contributed by atoms with E-state index in [-0.39, 0.29) is 7.92 Å². The highest BCUT2D eigenvalue weighted by Crippen LogP contribution is 2.27. The van der Waals surface area contributed by atoms with Crippen LogP contribution in [0.1, 0.15) is 24.5 Å². The molecule has 112 valence electrons. The molecule has 0 amide bonds. The highest BCUT2D eigenvalue weighted by atomic mass is 31.1. The van der Waals surface area contributed by atoms with Gasteiger partial charge in [0.05, 0.1) is 0 Å². The standard InChI is InChI=1S/C18H20N3P/c1-13-19-17(14-8-5-4-6-9-14)21-18(20-13)15-10-7-11-16(12-15)22(2)3/h4-5,7-8,10-12H,6,9H2,1-3H3. The van der Waals surface area contributed by atoms with Crippen LogP contribution in [0.15, 0.2) is 42.5 Å². The first-order valence-electron chi connectivity index (χ1n) is 7.50. The zero-order valence-electron chi connectivity index (χ0n) is 13.2. The van der Waals surface area contributed by atoms with Gasteiger partial charge >= 0.3 is 0 Å². The summed E-state index contributed by atoms with van der Waals surface area (Å²) in [6.45, 7) is 6.46. The fourth-order valence-corrected chi connectivity index (χ4v) is 3.25. The topological polar surface area (TPSA) is 38.7 Å². The Morgan fingerprint density at radius 1 is 1.05 bits per heavy atom. The number of aromatic nitrogens is 3. The normalized spacial score (nSPS) is 14.3. The number of allylic oxidation sites excluding steroid dienone is 4. The molecule has 4 heteroatoms. The molecule has 0 bridgehead atoms. The van der Waals surface area contributed by atoms with Gasteiger partial charge in [0.25, 0.3) is 0 Å². The van der Waals surface area contributed by atoms with Crippen molar-refractivity contribution in [3.05, 3.63) is 54.1 Å². The third-order valence-corrected chi connectivity index (χ3v) is 4.98. The number of nitrogens with zero attached hydrogens (tertiary/aromatic N) is 3. The van der Waals surface area contributed by atoms with E-state index in [2.05, 4.69) is 65.8 Å². The highest BCUT2D eigenvalue weighted by molar-refractivity contribution is 7.64. The number of rotatable bonds is 3. The van der Waals surface area contributed by atoms with Crippen LogP contribution in [0.5, 0.6) is 0 Å². The highest BCUT2D eigenvalue weighted by Gasteiger charge is 2.12. The molecule has 1 heterocycles. The van der Waals surface area contributed by atoms with Crippen molar-refractivity contribution in [1.29, 1.82) is 0 Å². The number of hydrogen-bond acceptors (Lipinski definition) is 3. The molecule has 2 aromatic rings. The van der Waals surface area contributed by atoms with Gasteiger partial charge in [0, 0.05) is 5.56 Å². The van der Waals surface area contributed by atoms with E-state index in [0.717, 1.165) is 35.9 Å². The van der Waals surface area contributed by atoms with Crippen molar-refractivity contribution < 1.29 is 0 Å². The average molecular weight is 309 g/mol. The zero-order chi connectivity index (χ0) is 15.5. The first-order valence-corrected chi connectivity index (χ1v) is 9.73. The average Bonchev–Trinajstić information content (AvgIpc) is 2.55. The van der Waals surface area contributed by atoms with E-state index in [1.54, 1.807) is 0 Å². The van der Waals surface area contributed by atoms with Crippen LogP contribution < -0.4 is 5.30 Å². The Morgan fingerprint density at radius 3 is 2.59 bits per heavy atom. The van der Waals surface area contributed by atoms with Crippen LogP contribution in [0.25, 0.3) is 17.0 Å². The quantitative estimate of drug-likeness (QED) is 0.806. The molecule has 0 N–H and O–H groups in total. The van der Waals surface area contributed by atoms with Crippen LogP contribution in [-0.2, 0) is 0 Å². The maximum atomic E-state index is 4.71. The molecule has 1 aliphatic rings. The van der Waals surface area contributed by atoms with Gasteiger partial charge in [0.2, 0.25) is 0 Å². The van der Waals surface area contributed by atoms with Gasteiger partial charge in [-0.05, 0) is 50.0 Å². The molecule has 3 nitrogen and oxygen atoms in total. The number of benzene rings is 1. The molecule has 1 aliphatic carbocycles. The molecular formula is C18H20N3P. The van der Waals surface area contributed by atoms with Gasteiger partial charge in [-0.2, -0.15) is 0 Å². The second kappa shape index (κ2) is 6.50. The van der Waals surface area contributed by atoms with Crippen molar-refractivity contribution in [2.24, 2.45) is 0 Å². The van der Waals surface area contributed by atoms with Crippen molar-refractivity contribution in [2.45, 2.75) is 19.8 Å². The van der Waals surface area contributed by atoms with Crippen molar-refractivity contribution in [2.75, 3.05) is 13.3 Å². The van der Waals surface area contributed by atoms with Gasteiger partial charge in [0.15, 0.2) is 11.6 Å². The van der Waals surface area contributed by atoms with Crippen LogP contribution >= 0.6 is 7.92 Å². The molecule has 0 saturated carbocycles. The van der Waals surface area contributed by atoms with Gasteiger partial charge in [-0.1, -0.05) is 44.3 Å². The Bertz CT molecular complexity index is 748. The van der Waals surface area contributed by atoms with Gasteiger partial charge in [-0.15, -0.1) is 0 Å². The maximum Gasteiger partial charge on any atom is 0.163 e. The summed E-state index contributed by atoms with van der Waals surface area (Å²) in [6, 6.07) is 8.56. The van der Waals surface area contributed by atoms with Crippen molar-refractivity contribution in [3.8, 4) is 11.4 Å². The van der Waals surface area contributed by atoms with Crippen LogP contribution in [0, 0.1) is 6.92 Å². The lowest BCUT2D eigenvalue weighted by molar-refractivity contribution is 0.933. The zero-order valence-corrected chi connectivity index (χ0v) is 14.1. The summed E-state index contributed by atoms with van der Waals surface area (Å²) < 4.78 is 0. The van der Waals surface area contributed by atoms with Crippen LogP contribution in [-0.4, -0.2) is 28.3 Å². The molecule has 0 fully saturated rings. The Balaban J connectivity index is 2.04. The Labute approximate surface area is 133 Å². The van der Waals surface area contributed by atoms with Crippen molar-refractivity contribution >= 4 is 18.8 Å². The molecular weight excluding hydrogens is 289 g/mol. The molecule has 0 spiro atoms. The van der Waals surface area contributed by atoms with E-state index in [4.69, 9.17) is 4.98 Å². The van der Waals surface area contributed by atoms with Crippen LogP contribution in [0.2, 0.25) is 0 Å². The van der Waals surface area contributed by atoms with Crippen LogP contribution in [0.4, 0.5) is 0 Å². The Morgan fingerprint density at radius 2 is 1.86 bits per heavy atom. The number of aryl methyl sites for hydroxylation is 1. The van der Waals surface area contributed by atoms with E-state index in [0.29, 0.717) is 0 Å². The minimum Gasteiger partial charge on any atom is -0.214 e. The second-order valence-corrected chi connectivity index (χ2v) is 7.94. The SMILES string of the molecule is Cc1nc(C2=CC=CCC2)nc(-c2cccc(P(C)C)c2)n1. The molecule has 1 aromatic carbocycles. The predicted octanol–water partition coefficient (Wildman–Crippen LogP) is 3.95. The molecule has 0 saturated heterocycles. The van der Waals surface area contributed by atoms with Gasteiger partial charge < -0.3 is 0 Å². The maximum absolute atomic E-state index is 4.71. The Kier molecular flexibility index (Phi) is 4.44. The molecule has 3 rings (SSSR count). The van der Waals surface area contributed by atoms with E-state index >= 15 is 0 Å². The monoisotopic (exact) mass is 309 g/mol. The predicted molar refractivity (Wildman–Crippen MR) is 94.8 cm³/mol. The Hall–Kier alpha value is -1.86. The van der Waals surface area contributed by atoms with E-state index < -0.39 is 0 Å². The minimum absolute atomic E-state index is 0.121. The molecule has 0 unspecified atom stereocenters. The lowest BCUT2D eigenvalue weighted by atomic mass is 10.0. The van der Waals surface area contributed by atoms with E-state index in [9.17, 15) is 0 Å². The molecule has 0 atom stereocenters. The first kappa shape index (κ1) is 15.1. The van der Waals surface area contributed by atoms with Gasteiger partial charge in [-0.25, -0.2) is 15.0 Å². The smallest absolute Gasteiger partial charge is 0.163 e. The largest absolute Gasteiger partial charge is 0.214 e. The summed E-state index contributed by atoms with van der Waals surface area (Å²) in [5.41, 5.74) is 2.27. The summed E-state index contributed by atoms with van der Waals surface area (Å²) in [6.07, 6.45) is 8.41. The fourth-order valence-electron chi connectivity index (χ4n) is 2.47. The second-order valence-electron chi connectivity index (χ2n) is 5.63. The first-order chi connectivity index (χ1) is 10.6. The van der Waals surface area contributed by atoms with Crippen molar-refractivity contribution in [3.63, 3.8) is 0 Å². The minimum atomic E-state index is -0.121. The summed E-state index contributed by atoms with van der Waals surface area (Å²) in [7, 11) is -0.121. The number of hydrogen-bond donors (Lipinski definition) is 0. The van der Waals surface area contributed by atoms with E-state index in [1.165, 1.54) is 10.9 Å². The van der Waals surface area contributed by atoms with E-state index in [1.807, 2.05) is 6.92 Å². The van der Waals surface area contributed by atoms with Crippen LogP contribution in [0.3, 0.4) is 0 Å². The van der Waals surface area contributed by atoms with Gasteiger partial charge in [0.1, 0.15) is 5.82 Å². The fraction of sp³-hybridized carbons (Fsp3) is 0.278. The summed E-state index contributed by atoms with van der Waals surface area (Å²) in [5.74, 6) is 2.36. The third kappa shape index (κ3) is 3.31. The lowest BCUT2D eigenvalue weighted by Crippen LogP contribution is -2.05. The molecule has 1 aromatic heterocycles. The summed E-state index contributed by atoms with van der Waals surface area (Å²) in [5, 5.41) is 1.37. The molecule has 0 aliphatic heterocycles. The summed E-state index contributed by atoms with van der Waals surface area (Å²) >= 11 is 0. The third-order valence-electron chi connectivity index (χ3n) is 3.67. The molecule has 0 radical (unpaired) electrons. The van der Waals surface area contributed by atoms with Gasteiger partial charge in [-0.3, -0.25) is 0 Å². The van der Waals surface area contributed by atoms with Crippen molar-refractivity contribution in [1.82, 2.24) is 15.0 Å². The lowest BCUT2D eigenvalue weighted by Gasteiger charge is -2.11.